The van der Waals surface area contributed by atoms with Gasteiger partial charge in [0, 0.05) is 12.1 Å². The SMILES string of the molecule is CC(=NNc1cccc([N+](=O)[O-])c1)C(=O)O. The summed E-state index contributed by atoms with van der Waals surface area (Å²) in [5, 5.41) is 22.5. The Morgan fingerprint density at radius 2 is 2.25 bits per heavy atom. The predicted molar refractivity (Wildman–Crippen MR) is 57.5 cm³/mol. The number of aliphatic carboxylic acids is 1. The molecule has 1 aromatic carbocycles. The lowest BCUT2D eigenvalue weighted by Crippen LogP contribution is -2.10. The van der Waals surface area contributed by atoms with Crippen LogP contribution in [0, 0.1) is 10.1 Å². The van der Waals surface area contributed by atoms with Crippen LogP contribution in [-0.2, 0) is 4.79 Å². The summed E-state index contributed by atoms with van der Waals surface area (Å²) in [7, 11) is 0. The van der Waals surface area contributed by atoms with E-state index in [0.29, 0.717) is 5.69 Å². The molecule has 7 heteroatoms. The molecular formula is C9H9N3O4. The van der Waals surface area contributed by atoms with E-state index in [4.69, 9.17) is 5.11 Å². The van der Waals surface area contributed by atoms with Crippen molar-refractivity contribution >= 4 is 23.1 Å². The Kier molecular flexibility index (Phi) is 3.54. The van der Waals surface area contributed by atoms with Crippen molar-refractivity contribution in [2.75, 3.05) is 5.43 Å². The minimum Gasteiger partial charge on any atom is -0.477 e. The second-order valence-electron chi connectivity index (χ2n) is 2.92. The van der Waals surface area contributed by atoms with E-state index in [1.54, 1.807) is 6.07 Å². The Morgan fingerprint density at radius 3 is 2.81 bits per heavy atom. The van der Waals surface area contributed by atoms with Crippen LogP contribution in [0.1, 0.15) is 6.92 Å². The molecule has 0 aromatic heterocycles. The molecule has 0 bridgehead atoms. The average molecular weight is 223 g/mol. The minimum absolute atomic E-state index is 0.0896. The van der Waals surface area contributed by atoms with E-state index in [1.807, 2.05) is 0 Å². The molecule has 2 N–H and O–H groups in total. The van der Waals surface area contributed by atoms with Gasteiger partial charge in [-0.1, -0.05) is 6.07 Å². The quantitative estimate of drug-likeness (QED) is 0.456. The molecule has 0 atom stereocenters. The molecule has 0 heterocycles. The third-order valence-corrected chi connectivity index (χ3v) is 1.72. The lowest BCUT2D eigenvalue weighted by Gasteiger charge is -2.00. The first-order chi connectivity index (χ1) is 7.50. The first-order valence-electron chi connectivity index (χ1n) is 4.29. The number of rotatable bonds is 4. The predicted octanol–water partition coefficient (Wildman–Crippen LogP) is 1.47. The fraction of sp³-hybridized carbons (Fsp3) is 0.111. The van der Waals surface area contributed by atoms with Crippen molar-refractivity contribution in [1.82, 2.24) is 0 Å². The van der Waals surface area contributed by atoms with Crippen LogP contribution in [0.3, 0.4) is 0 Å². The number of nitrogens with one attached hydrogen (secondary N) is 1. The van der Waals surface area contributed by atoms with E-state index in [0.717, 1.165) is 0 Å². The molecule has 0 saturated heterocycles. The minimum atomic E-state index is -1.15. The summed E-state index contributed by atoms with van der Waals surface area (Å²) in [6.45, 7) is 1.31. The molecule has 0 aliphatic heterocycles. The van der Waals surface area contributed by atoms with Crippen molar-refractivity contribution in [2.24, 2.45) is 5.10 Å². The van der Waals surface area contributed by atoms with Crippen molar-refractivity contribution in [3.8, 4) is 0 Å². The van der Waals surface area contributed by atoms with Gasteiger partial charge in [-0.05, 0) is 13.0 Å². The second kappa shape index (κ2) is 4.87. The maximum atomic E-state index is 10.4. The molecule has 0 amide bonds. The highest BCUT2D eigenvalue weighted by molar-refractivity contribution is 6.34. The zero-order valence-corrected chi connectivity index (χ0v) is 8.38. The number of hydrogen-bond donors (Lipinski definition) is 2. The topological polar surface area (TPSA) is 105 Å². The smallest absolute Gasteiger partial charge is 0.351 e. The number of hydrazone groups is 1. The third-order valence-electron chi connectivity index (χ3n) is 1.72. The molecule has 1 aromatic rings. The van der Waals surface area contributed by atoms with E-state index >= 15 is 0 Å². The summed E-state index contributed by atoms with van der Waals surface area (Å²) in [6, 6.07) is 5.62. The summed E-state index contributed by atoms with van der Waals surface area (Å²) in [5.41, 5.74) is 2.56. The lowest BCUT2D eigenvalue weighted by molar-refractivity contribution is -0.384. The number of carbonyl (C=O) groups is 1. The molecule has 7 nitrogen and oxygen atoms in total. The number of hydrogen-bond acceptors (Lipinski definition) is 5. The maximum Gasteiger partial charge on any atom is 0.351 e. The van der Waals surface area contributed by atoms with Crippen LogP contribution in [0.15, 0.2) is 29.4 Å². The number of carboxylic acid groups (broad SMARTS) is 1. The average Bonchev–Trinajstić information content (AvgIpc) is 2.26. The fourth-order valence-corrected chi connectivity index (χ4v) is 0.885. The van der Waals surface area contributed by atoms with Crippen LogP contribution in [0.2, 0.25) is 0 Å². The largest absolute Gasteiger partial charge is 0.477 e. The Balaban J connectivity index is 2.82. The van der Waals surface area contributed by atoms with Crippen LogP contribution in [0.5, 0.6) is 0 Å². The van der Waals surface area contributed by atoms with E-state index in [2.05, 4.69) is 10.5 Å². The first-order valence-corrected chi connectivity index (χ1v) is 4.29. The molecule has 16 heavy (non-hydrogen) atoms. The van der Waals surface area contributed by atoms with Crippen LogP contribution < -0.4 is 5.43 Å². The van der Waals surface area contributed by atoms with Gasteiger partial charge in [0.15, 0.2) is 0 Å². The molecule has 0 aliphatic carbocycles. The van der Waals surface area contributed by atoms with Gasteiger partial charge < -0.3 is 5.11 Å². The molecule has 0 spiro atoms. The molecule has 0 aliphatic rings. The Labute approximate surface area is 90.6 Å². The number of nitro benzene ring substituents is 1. The van der Waals surface area contributed by atoms with Crippen molar-refractivity contribution in [1.29, 1.82) is 0 Å². The Morgan fingerprint density at radius 1 is 1.56 bits per heavy atom. The summed E-state index contributed by atoms with van der Waals surface area (Å²) >= 11 is 0. The van der Waals surface area contributed by atoms with Gasteiger partial charge in [-0.25, -0.2) is 4.79 Å². The number of nitro groups is 1. The molecule has 1 rings (SSSR count). The third kappa shape index (κ3) is 3.05. The Hall–Kier alpha value is -2.44. The number of non-ortho nitro benzene ring substituents is 1. The zero-order valence-electron chi connectivity index (χ0n) is 8.38. The second-order valence-corrected chi connectivity index (χ2v) is 2.92. The van der Waals surface area contributed by atoms with Crippen LogP contribution in [0.25, 0.3) is 0 Å². The highest BCUT2D eigenvalue weighted by Crippen LogP contribution is 2.16. The van der Waals surface area contributed by atoms with Crippen LogP contribution in [0.4, 0.5) is 11.4 Å². The van der Waals surface area contributed by atoms with Crippen molar-refractivity contribution in [3.05, 3.63) is 34.4 Å². The standard InChI is InChI=1S/C9H9N3O4/c1-6(9(13)14)10-11-7-3-2-4-8(5-7)12(15)16/h2-5,11H,1H3,(H,13,14). The maximum absolute atomic E-state index is 10.4. The molecule has 0 saturated carbocycles. The van der Waals surface area contributed by atoms with Crippen molar-refractivity contribution in [3.63, 3.8) is 0 Å². The molecule has 0 unspecified atom stereocenters. The van der Waals surface area contributed by atoms with Gasteiger partial charge in [-0.2, -0.15) is 5.10 Å². The van der Waals surface area contributed by atoms with E-state index in [9.17, 15) is 14.9 Å². The summed E-state index contributed by atoms with van der Waals surface area (Å²) in [4.78, 5) is 20.3. The van der Waals surface area contributed by atoms with Gasteiger partial charge in [0.1, 0.15) is 5.71 Å². The zero-order chi connectivity index (χ0) is 12.1. The van der Waals surface area contributed by atoms with Crippen molar-refractivity contribution in [2.45, 2.75) is 6.92 Å². The van der Waals surface area contributed by atoms with Gasteiger partial charge in [-0.15, -0.1) is 0 Å². The first kappa shape index (κ1) is 11.6. The summed E-state index contributed by atoms with van der Waals surface area (Å²) in [6.07, 6.45) is 0. The van der Waals surface area contributed by atoms with Gasteiger partial charge in [0.2, 0.25) is 0 Å². The Bertz CT molecular complexity index is 456. The molecule has 0 radical (unpaired) electrons. The molecular weight excluding hydrogens is 214 g/mol. The van der Waals surface area contributed by atoms with E-state index in [-0.39, 0.29) is 11.4 Å². The van der Waals surface area contributed by atoms with Gasteiger partial charge >= 0.3 is 5.97 Å². The lowest BCUT2D eigenvalue weighted by atomic mass is 10.3. The van der Waals surface area contributed by atoms with Gasteiger partial charge in [0.05, 0.1) is 10.6 Å². The number of nitrogens with zero attached hydrogens (tertiary/aromatic N) is 2. The number of benzene rings is 1. The molecule has 0 fully saturated rings. The van der Waals surface area contributed by atoms with Gasteiger partial charge in [0.25, 0.3) is 5.69 Å². The fourth-order valence-electron chi connectivity index (χ4n) is 0.885. The van der Waals surface area contributed by atoms with Crippen LogP contribution in [-0.4, -0.2) is 21.7 Å². The molecule has 84 valence electrons. The monoisotopic (exact) mass is 223 g/mol. The normalized spacial score (nSPS) is 10.9. The number of anilines is 1. The van der Waals surface area contributed by atoms with Crippen LogP contribution >= 0.6 is 0 Å². The van der Waals surface area contributed by atoms with Crippen molar-refractivity contribution < 1.29 is 14.8 Å². The van der Waals surface area contributed by atoms with Gasteiger partial charge in [-0.3, -0.25) is 15.5 Å². The summed E-state index contributed by atoms with van der Waals surface area (Å²) < 4.78 is 0. The highest BCUT2D eigenvalue weighted by Gasteiger charge is 2.05. The summed E-state index contributed by atoms with van der Waals surface area (Å²) in [5.74, 6) is -1.15. The highest BCUT2D eigenvalue weighted by atomic mass is 16.6. The van der Waals surface area contributed by atoms with E-state index < -0.39 is 10.9 Å². The number of carboxylic acids is 1. The van der Waals surface area contributed by atoms with E-state index in [1.165, 1.54) is 25.1 Å².